The Bertz CT molecular complexity index is 681. The van der Waals surface area contributed by atoms with Gasteiger partial charge in [-0.25, -0.2) is 9.97 Å². The predicted octanol–water partition coefficient (Wildman–Crippen LogP) is 3.67. The lowest BCUT2D eigenvalue weighted by Gasteiger charge is -2.30. The van der Waals surface area contributed by atoms with Crippen LogP contribution < -0.4 is 0 Å². The van der Waals surface area contributed by atoms with Crippen LogP contribution in [0.4, 0.5) is 0 Å². The van der Waals surface area contributed by atoms with E-state index in [9.17, 15) is 4.79 Å². The van der Waals surface area contributed by atoms with Gasteiger partial charge in [-0.2, -0.15) is 0 Å². The van der Waals surface area contributed by atoms with Crippen molar-refractivity contribution in [2.45, 2.75) is 19.8 Å². The van der Waals surface area contributed by atoms with Gasteiger partial charge in [-0.3, -0.25) is 4.79 Å². The molecular formula is C17H18ClN3O. The van der Waals surface area contributed by atoms with Crippen LogP contribution in [-0.2, 0) is 0 Å². The molecule has 0 saturated carbocycles. The summed E-state index contributed by atoms with van der Waals surface area (Å²) in [6, 6.07) is 9.18. The van der Waals surface area contributed by atoms with E-state index in [-0.39, 0.29) is 5.91 Å². The predicted molar refractivity (Wildman–Crippen MR) is 86.8 cm³/mol. The maximum absolute atomic E-state index is 12.6. The van der Waals surface area contributed by atoms with Gasteiger partial charge in [0.2, 0.25) is 0 Å². The van der Waals surface area contributed by atoms with E-state index in [0.29, 0.717) is 22.3 Å². The number of halogens is 1. The van der Waals surface area contributed by atoms with Gasteiger partial charge in [-0.05, 0) is 37.0 Å². The van der Waals surface area contributed by atoms with Gasteiger partial charge < -0.3 is 4.90 Å². The highest BCUT2D eigenvalue weighted by atomic mass is 35.5. The molecule has 1 saturated heterocycles. The van der Waals surface area contributed by atoms with E-state index in [0.717, 1.165) is 31.5 Å². The van der Waals surface area contributed by atoms with Gasteiger partial charge in [0.05, 0.1) is 5.69 Å². The third kappa shape index (κ3) is 3.28. The second-order valence-electron chi connectivity index (χ2n) is 5.77. The number of aromatic nitrogens is 2. The lowest BCUT2D eigenvalue weighted by Crippen LogP contribution is -2.38. The van der Waals surface area contributed by atoms with Crippen molar-refractivity contribution in [3.05, 3.63) is 47.4 Å². The number of carbonyl (C=O) groups is 1. The van der Waals surface area contributed by atoms with E-state index in [1.54, 1.807) is 6.07 Å². The number of hydrogen-bond acceptors (Lipinski definition) is 3. The van der Waals surface area contributed by atoms with Crippen molar-refractivity contribution < 1.29 is 4.79 Å². The number of amides is 1. The van der Waals surface area contributed by atoms with Gasteiger partial charge in [0.1, 0.15) is 12.0 Å². The Kier molecular flexibility index (Phi) is 4.39. The summed E-state index contributed by atoms with van der Waals surface area (Å²) in [7, 11) is 0. The Labute approximate surface area is 135 Å². The van der Waals surface area contributed by atoms with Crippen molar-refractivity contribution in [2.75, 3.05) is 13.1 Å². The molecule has 0 unspecified atom stereocenters. The monoisotopic (exact) mass is 315 g/mol. The zero-order valence-corrected chi connectivity index (χ0v) is 13.3. The van der Waals surface area contributed by atoms with Crippen LogP contribution in [0.5, 0.6) is 0 Å². The van der Waals surface area contributed by atoms with Crippen molar-refractivity contribution in [1.82, 2.24) is 14.9 Å². The molecule has 2 heterocycles. The molecule has 1 aliphatic heterocycles. The maximum Gasteiger partial charge on any atom is 0.272 e. The number of rotatable bonds is 2. The Balaban J connectivity index is 1.83. The summed E-state index contributed by atoms with van der Waals surface area (Å²) in [5, 5.41) is 0.647. The average molecular weight is 316 g/mol. The topological polar surface area (TPSA) is 46.1 Å². The molecule has 4 nitrogen and oxygen atoms in total. The Morgan fingerprint density at radius 3 is 2.73 bits per heavy atom. The fourth-order valence-corrected chi connectivity index (χ4v) is 2.84. The molecule has 22 heavy (non-hydrogen) atoms. The number of nitrogens with zero attached hydrogens (tertiary/aromatic N) is 3. The van der Waals surface area contributed by atoms with E-state index in [4.69, 9.17) is 11.6 Å². The van der Waals surface area contributed by atoms with Crippen LogP contribution >= 0.6 is 11.6 Å². The first-order valence-corrected chi connectivity index (χ1v) is 7.88. The number of carbonyl (C=O) groups excluding carboxylic acids is 1. The van der Waals surface area contributed by atoms with E-state index >= 15 is 0 Å². The molecule has 114 valence electrons. The van der Waals surface area contributed by atoms with Gasteiger partial charge in [-0.15, -0.1) is 0 Å². The Hall–Kier alpha value is -1.94. The Morgan fingerprint density at radius 2 is 2.00 bits per heavy atom. The minimum atomic E-state index is -0.0161. The van der Waals surface area contributed by atoms with Crippen LogP contribution in [0.15, 0.2) is 36.7 Å². The minimum Gasteiger partial charge on any atom is -0.337 e. The molecule has 2 aromatic rings. The molecule has 0 atom stereocenters. The molecule has 5 heteroatoms. The lowest BCUT2D eigenvalue weighted by molar-refractivity contribution is 0.0691. The molecule has 1 aliphatic rings. The standard InChI is InChI=1S/C17H18ClN3O/c1-12-5-7-21(8-6-12)17(22)16-10-15(19-11-20-16)13-3-2-4-14(18)9-13/h2-4,9-12H,5-8H2,1H3. The number of likely N-dealkylation sites (tertiary alicyclic amines) is 1. The zero-order valence-electron chi connectivity index (χ0n) is 12.5. The molecule has 0 bridgehead atoms. The van der Waals surface area contributed by atoms with E-state index in [1.165, 1.54) is 6.33 Å². The maximum atomic E-state index is 12.6. The molecule has 3 rings (SSSR count). The highest BCUT2D eigenvalue weighted by molar-refractivity contribution is 6.30. The molecule has 1 amide bonds. The van der Waals surface area contributed by atoms with E-state index in [1.807, 2.05) is 29.2 Å². The highest BCUT2D eigenvalue weighted by Gasteiger charge is 2.22. The van der Waals surface area contributed by atoms with Crippen LogP contribution in [0.2, 0.25) is 5.02 Å². The van der Waals surface area contributed by atoms with Crippen molar-refractivity contribution in [2.24, 2.45) is 5.92 Å². The molecule has 1 aromatic heterocycles. The molecule has 1 aromatic carbocycles. The molecule has 1 fully saturated rings. The highest BCUT2D eigenvalue weighted by Crippen LogP contribution is 2.22. The van der Waals surface area contributed by atoms with Crippen molar-refractivity contribution in [3.63, 3.8) is 0 Å². The zero-order chi connectivity index (χ0) is 15.5. The first-order valence-electron chi connectivity index (χ1n) is 7.51. The SMILES string of the molecule is CC1CCN(C(=O)c2cc(-c3cccc(Cl)c3)ncn2)CC1. The lowest BCUT2D eigenvalue weighted by atomic mass is 9.99. The molecule has 0 spiro atoms. The first-order chi connectivity index (χ1) is 10.6. The summed E-state index contributed by atoms with van der Waals surface area (Å²) in [5.41, 5.74) is 2.04. The first kappa shape index (κ1) is 15.0. The van der Waals surface area contributed by atoms with Gasteiger partial charge in [0.25, 0.3) is 5.91 Å². The van der Waals surface area contributed by atoms with Gasteiger partial charge >= 0.3 is 0 Å². The molecule has 0 aliphatic carbocycles. The Morgan fingerprint density at radius 1 is 1.23 bits per heavy atom. The summed E-state index contributed by atoms with van der Waals surface area (Å²) < 4.78 is 0. The van der Waals surface area contributed by atoms with Crippen LogP contribution in [0.3, 0.4) is 0 Å². The van der Waals surface area contributed by atoms with E-state index in [2.05, 4.69) is 16.9 Å². The fraction of sp³-hybridized carbons (Fsp3) is 0.353. The summed E-state index contributed by atoms with van der Waals surface area (Å²) in [6.45, 7) is 3.83. The largest absolute Gasteiger partial charge is 0.337 e. The van der Waals surface area contributed by atoms with Crippen LogP contribution in [-0.4, -0.2) is 33.9 Å². The normalized spacial score (nSPS) is 15.8. The summed E-state index contributed by atoms with van der Waals surface area (Å²) in [4.78, 5) is 22.8. The van der Waals surface area contributed by atoms with Crippen molar-refractivity contribution in [1.29, 1.82) is 0 Å². The summed E-state index contributed by atoms with van der Waals surface area (Å²) in [5.74, 6) is 0.675. The summed E-state index contributed by atoms with van der Waals surface area (Å²) in [6.07, 6.45) is 3.55. The number of hydrogen-bond donors (Lipinski definition) is 0. The van der Waals surface area contributed by atoms with Gasteiger partial charge in [0.15, 0.2) is 0 Å². The average Bonchev–Trinajstić information content (AvgIpc) is 2.55. The third-order valence-corrected chi connectivity index (χ3v) is 4.31. The summed E-state index contributed by atoms with van der Waals surface area (Å²) >= 11 is 6.01. The van der Waals surface area contributed by atoms with Gasteiger partial charge in [-0.1, -0.05) is 30.7 Å². The van der Waals surface area contributed by atoms with Gasteiger partial charge in [0, 0.05) is 23.7 Å². The number of benzene rings is 1. The van der Waals surface area contributed by atoms with Crippen LogP contribution in [0.25, 0.3) is 11.3 Å². The van der Waals surface area contributed by atoms with Crippen molar-refractivity contribution >= 4 is 17.5 Å². The second kappa shape index (κ2) is 6.44. The molecular weight excluding hydrogens is 298 g/mol. The smallest absolute Gasteiger partial charge is 0.272 e. The second-order valence-corrected chi connectivity index (χ2v) is 6.21. The van der Waals surface area contributed by atoms with Crippen molar-refractivity contribution in [3.8, 4) is 11.3 Å². The fourth-order valence-electron chi connectivity index (χ4n) is 2.65. The third-order valence-electron chi connectivity index (χ3n) is 4.08. The molecule has 0 N–H and O–H groups in total. The molecule has 0 radical (unpaired) electrons. The number of piperidine rings is 1. The minimum absolute atomic E-state index is 0.0161. The quantitative estimate of drug-likeness (QED) is 0.849. The van der Waals surface area contributed by atoms with Crippen LogP contribution in [0.1, 0.15) is 30.3 Å². The van der Waals surface area contributed by atoms with E-state index < -0.39 is 0 Å². The van der Waals surface area contributed by atoms with Crippen LogP contribution in [0, 0.1) is 5.92 Å².